The largest absolute Gasteiger partial charge is 0.380 e. The maximum atomic E-state index is 15.8. The molecule has 3 N–H and O–H groups in total. The molecule has 17 heteroatoms. The molecule has 2 aromatic carbocycles. The van der Waals surface area contributed by atoms with Crippen molar-refractivity contribution in [2.75, 3.05) is 75.9 Å². The van der Waals surface area contributed by atoms with Gasteiger partial charge in [-0.2, -0.15) is 0 Å². The number of carbonyl (C=O) groups is 2. The lowest BCUT2D eigenvalue weighted by atomic mass is 9.65. The van der Waals surface area contributed by atoms with Crippen LogP contribution in [0.1, 0.15) is 119 Å². The predicted molar refractivity (Wildman–Crippen MR) is 280 cm³/mol. The molecule has 1 aliphatic carbocycles. The standard InChI is InChI=1S/C53H75F3N10O3S/c1-8-66(35(2)3)48-28-38(27-44(55)50(48)58-6)49(57-5)45(56)31-59-34-60-40-13-23-65(24-14-40)70-41-15-21-63(22-16-41)32-37-11-17-53(18-12-37)19-25-64(26-20-53)47-29-39(33-69-7)42(30-43(47)54)51(67)62-46-10-9-36(4)61-52(46)68/h27-31,35,37,40-41,46,60H,4-6,8-26,32-34H2,1-3,7H3,(H,61,68)(H,62,67)/b49-45+,59-31-. The monoisotopic (exact) mass is 989 g/mol. The zero-order valence-corrected chi connectivity index (χ0v) is 42.7. The van der Waals surface area contributed by atoms with Crippen LogP contribution in [0.2, 0.25) is 0 Å². The van der Waals surface area contributed by atoms with Gasteiger partial charge in [0.25, 0.3) is 5.91 Å². The van der Waals surface area contributed by atoms with Gasteiger partial charge in [0.05, 0.1) is 30.9 Å². The number of nitrogens with one attached hydrogen (secondary N) is 3. The summed E-state index contributed by atoms with van der Waals surface area (Å²) in [4.78, 5) is 44.6. The molecule has 1 unspecified atom stereocenters. The smallest absolute Gasteiger partial charge is 0.252 e. The molecule has 1 saturated carbocycles. The van der Waals surface area contributed by atoms with E-state index >= 15 is 13.2 Å². The second-order valence-electron chi connectivity index (χ2n) is 20.2. The van der Waals surface area contributed by atoms with Crippen molar-refractivity contribution in [3.63, 3.8) is 0 Å². The molecule has 0 aromatic heterocycles. The molecule has 4 heterocycles. The molecule has 5 fully saturated rings. The van der Waals surface area contributed by atoms with Gasteiger partial charge < -0.3 is 30.1 Å². The third kappa shape index (κ3) is 13.3. The van der Waals surface area contributed by atoms with E-state index in [0.29, 0.717) is 58.7 Å². The van der Waals surface area contributed by atoms with E-state index < -0.39 is 29.4 Å². The normalized spacial score (nSPS) is 21.6. The molecule has 4 saturated heterocycles. The number of piperidine rings is 4. The van der Waals surface area contributed by atoms with Crippen LogP contribution in [0.4, 0.5) is 30.2 Å². The number of hydrogen-bond donors (Lipinski definition) is 3. The topological polar surface area (TPSA) is 130 Å². The van der Waals surface area contributed by atoms with Crippen molar-refractivity contribution in [2.24, 2.45) is 26.3 Å². The fraction of sp³-hybridized carbons (Fsp3) is 0.604. The summed E-state index contributed by atoms with van der Waals surface area (Å²) < 4.78 is 54.3. The first-order valence-corrected chi connectivity index (χ1v) is 26.2. The fourth-order valence-corrected chi connectivity index (χ4v) is 12.5. The van der Waals surface area contributed by atoms with Crippen molar-refractivity contribution in [3.8, 4) is 0 Å². The molecule has 5 aliphatic rings. The molecule has 4 aliphatic heterocycles. The highest BCUT2D eigenvalue weighted by atomic mass is 32.2. The summed E-state index contributed by atoms with van der Waals surface area (Å²) in [5.41, 5.74) is 3.09. The van der Waals surface area contributed by atoms with Gasteiger partial charge in [-0.3, -0.25) is 34.2 Å². The Hall–Kier alpha value is -4.55. The average molecular weight is 989 g/mol. The highest BCUT2D eigenvalue weighted by molar-refractivity contribution is 7.97. The Bertz CT molecular complexity index is 2240. The minimum Gasteiger partial charge on any atom is -0.380 e. The second kappa shape index (κ2) is 24.7. The Kier molecular flexibility index (Phi) is 18.8. The first-order valence-electron chi connectivity index (χ1n) is 25.4. The number of rotatable bonds is 19. The van der Waals surface area contributed by atoms with E-state index in [2.05, 4.69) is 65.0 Å². The number of likely N-dealkylation sites (tertiary alicyclic amines) is 1. The molecule has 7 rings (SSSR count). The van der Waals surface area contributed by atoms with E-state index in [0.717, 1.165) is 77.1 Å². The van der Waals surface area contributed by atoms with Gasteiger partial charge >= 0.3 is 0 Å². The van der Waals surface area contributed by atoms with E-state index in [9.17, 15) is 9.59 Å². The van der Waals surface area contributed by atoms with Crippen LogP contribution >= 0.6 is 11.9 Å². The van der Waals surface area contributed by atoms with Crippen LogP contribution in [-0.4, -0.2) is 130 Å². The summed E-state index contributed by atoms with van der Waals surface area (Å²) in [7, 11) is 1.56. The molecule has 0 radical (unpaired) electrons. The van der Waals surface area contributed by atoms with Gasteiger partial charge in [-0.15, -0.1) is 0 Å². The van der Waals surface area contributed by atoms with Crippen molar-refractivity contribution in [1.29, 1.82) is 0 Å². The number of aliphatic imine (C=N–C) groups is 3. The number of carbonyl (C=O) groups excluding carboxylic acids is 2. The maximum Gasteiger partial charge on any atom is 0.252 e. The van der Waals surface area contributed by atoms with E-state index in [1.54, 1.807) is 19.2 Å². The summed E-state index contributed by atoms with van der Waals surface area (Å²) in [6, 6.07) is 5.63. The molecule has 0 bridgehead atoms. The highest BCUT2D eigenvalue weighted by Gasteiger charge is 2.39. The van der Waals surface area contributed by atoms with Crippen LogP contribution in [0.5, 0.6) is 0 Å². The van der Waals surface area contributed by atoms with Crippen LogP contribution in [0, 0.1) is 23.0 Å². The van der Waals surface area contributed by atoms with E-state index in [1.165, 1.54) is 57.2 Å². The summed E-state index contributed by atoms with van der Waals surface area (Å²) in [5, 5.41) is 9.56. The first-order chi connectivity index (χ1) is 33.7. The number of amides is 2. The molecule has 2 amide bonds. The van der Waals surface area contributed by atoms with Crippen LogP contribution < -0.4 is 25.8 Å². The third-order valence-electron chi connectivity index (χ3n) is 15.3. The Balaban J connectivity index is 0.792. The second-order valence-corrected chi connectivity index (χ2v) is 21.6. The number of hydrogen-bond acceptors (Lipinski definition) is 12. The van der Waals surface area contributed by atoms with E-state index in [4.69, 9.17) is 4.74 Å². The number of halogens is 3. The highest BCUT2D eigenvalue weighted by Crippen LogP contribution is 2.48. The van der Waals surface area contributed by atoms with Crippen LogP contribution in [0.3, 0.4) is 0 Å². The third-order valence-corrected chi connectivity index (χ3v) is 16.7. The van der Waals surface area contributed by atoms with Gasteiger partial charge in [0.1, 0.15) is 23.2 Å². The van der Waals surface area contributed by atoms with Gasteiger partial charge in [0, 0.05) is 80.5 Å². The molecular weight excluding hydrogens is 914 g/mol. The van der Waals surface area contributed by atoms with Crippen LogP contribution in [0.15, 0.2) is 57.3 Å². The lowest BCUT2D eigenvalue weighted by Crippen LogP contribution is -2.49. The molecule has 1 atom stereocenters. The number of benzene rings is 2. The Morgan fingerprint density at radius 1 is 0.986 bits per heavy atom. The molecule has 13 nitrogen and oxygen atoms in total. The zero-order valence-electron chi connectivity index (χ0n) is 41.8. The van der Waals surface area contributed by atoms with Crippen molar-refractivity contribution in [2.45, 2.75) is 128 Å². The predicted octanol–water partition coefficient (Wildman–Crippen LogP) is 9.21. The fourth-order valence-electron chi connectivity index (χ4n) is 11.2. The summed E-state index contributed by atoms with van der Waals surface area (Å²) >= 11 is 2.03. The number of anilines is 2. The van der Waals surface area contributed by atoms with Crippen LogP contribution in [0.25, 0.3) is 5.70 Å². The van der Waals surface area contributed by atoms with Crippen LogP contribution in [-0.2, 0) is 16.1 Å². The van der Waals surface area contributed by atoms with Crippen molar-refractivity contribution < 1.29 is 27.5 Å². The van der Waals surface area contributed by atoms with E-state index in [1.807, 2.05) is 37.6 Å². The lowest BCUT2D eigenvalue weighted by molar-refractivity contribution is -0.123. The zero-order chi connectivity index (χ0) is 50.0. The molecule has 1 spiro atoms. The SMILES string of the molecule is C=N/C(=C(F)\C=N/CNC1CCN(SC2CCN(CC3CCC4(CC3)CCN(c3cc(COC)c(C(=O)NC5CCC(=C)NC5=O)cc3F)CC4)CC2)CC1)c1cc(F)c(N=C)c(N(CC)C(C)C)c1. The number of methoxy groups -OCH3 is 1. The minimum atomic E-state index is -0.692. The van der Waals surface area contributed by atoms with Gasteiger partial charge in [0.15, 0.2) is 11.6 Å². The van der Waals surface area contributed by atoms with Crippen molar-refractivity contribution >= 4 is 66.2 Å². The summed E-state index contributed by atoms with van der Waals surface area (Å²) in [6.45, 7) is 24.9. The maximum absolute atomic E-state index is 15.8. The van der Waals surface area contributed by atoms with Gasteiger partial charge in [0.2, 0.25) is 5.91 Å². The average Bonchev–Trinajstić information content (AvgIpc) is 3.34. The Morgan fingerprint density at radius 2 is 1.70 bits per heavy atom. The van der Waals surface area contributed by atoms with Crippen molar-refractivity contribution in [1.82, 2.24) is 25.2 Å². The van der Waals surface area contributed by atoms with Crippen molar-refractivity contribution in [3.05, 3.63) is 70.7 Å². The molecule has 70 heavy (non-hydrogen) atoms. The first kappa shape index (κ1) is 53.3. The number of ether oxygens (including phenoxy) is 1. The number of allylic oxidation sites excluding steroid dienone is 2. The molecule has 382 valence electrons. The van der Waals surface area contributed by atoms with E-state index in [-0.39, 0.29) is 47.7 Å². The van der Waals surface area contributed by atoms with Gasteiger partial charge in [-0.05, 0) is 166 Å². The minimum absolute atomic E-state index is 0.0666. The quantitative estimate of drug-likeness (QED) is 0.0933. The molecule has 2 aromatic rings. The Labute approximate surface area is 418 Å². The van der Waals surface area contributed by atoms with Gasteiger partial charge in [-0.1, -0.05) is 18.5 Å². The Morgan fingerprint density at radius 3 is 2.33 bits per heavy atom. The van der Waals surface area contributed by atoms with Gasteiger partial charge in [-0.25, -0.2) is 13.2 Å². The molecular formula is C53H75F3N10O3S. The number of nitrogens with zero attached hydrogens (tertiary/aromatic N) is 7. The lowest BCUT2D eigenvalue weighted by Gasteiger charge is -2.47. The summed E-state index contributed by atoms with van der Waals surface area (Å²) in [6.07, 6.45) is 13.6. The summed E-state index contributed by atoms with van der Waals surface area (Å²) in [5.74, 6) is -1.78.